The van der Waals surface area contributed by atoms with E-state index < -0.39 is 10.0 Å². The normalized spacial score (nSPS) is 15.5. The fourth-order valence-corrected chi connectivity index (χ4v) is 3.67. The highest BCUT2D eigenvalue weighted by molar-refractivity contribution is 7.89. The first kappa shape index (κ1) is 16.8. The van der Waals surface area contributed by atoms with Gasteiger partial charge >= 0.3 is 0 Å². The predicted molar refractivity (Wildman–Crippen MR) is 92.1 cm³/mol. The zero-order valence-electron chi connectivity index (χ0n) is 13.6. The minimum atomic E-state index is -3.59. The summed E-state index contributed by atoms with van der Waals surface area (Å²) < 4.78 is 38.8. The lowest BCUT2D eigenvalue weighted by Crippen LogP contribution is -2.27. The van der Waals surface area contributed by atoms with E-state index in [0.29, 0.717) is 31.3 Å². The Labute approximate surface area is 142 Å². The summed E-state index contributed by atoms with van der Waals surface area (Å²) in [6.45, 7) is 3.42. The Morgan fingerprint density at radius 2 is 1.75 bits per heavy atom. The third-order valence-electron chi connectivity index (χ3n) is 3.98. The van der Waals surface area contributed by atoms with Crippen LogP contribution in [0.15, 0.2) is 53.4 Å². The number of hydrogen-bond donors (Lipinski definition) is 1. The molecule has 24 heavy (non-hydrogen) atoms. The molecule has 0 saturated heterocycles. The third-order valence-corrected chi connectivity index (χ3v) is 5.40. The topological polar surface area (TPSA) is 64.6 Å². The van der Waals surface area contributed by atoms with Crippen molar-refractivity contribution in [1.82, 2.24) is 4.72 Å². The molecule has 2 aromatic rings. The Kier molecular flexibility index (Phi) is 5.06. The molecule has 1 unspecified atom stereocenters. The molecule has 128 valence electrons. The van der Waals surface area contributed by atoms with Gasteiger partial charge in [0.15, 0.2) is 11.5 Å². The molecule has 0 bridgehead atoms. The van der Waals surface area contributed by atoms with Crippen LogP contribution in [0.4, 0.5) is 0 Å². The molecule has 3 rings (SSSR count). The van der Waals surface area contributed by atoms with E-state index in [2.05, 4.69) is 4.72 Å². The maximum absolute atomic E-state index is 12.5. The van der Waals surface area contributed by atoms with Crippen molar-refractivity contribution in [2.75, 3.05) is 19.8 Å². The zero-order chi connectivity index (χ0) is 17.0. The molecule has 0 radical (unpaired) electrons. The van der Waals surface area contributed by atoms with Crippen LogP contribution in [0.3, 0.4) is 0 Å². The summed E-state index contributed by atoms with van der Waals surface area (Å²) >= 11 is 0. The molecule has 1 heterocycles. The Morgan fingerprint density at radius 3 is 2.50 bits per heavy atom. The number of rotatable bonds is 5. The van der Waals surface area contributed by atoms with E-state index in [4.69, 9.17) is 9.47 Å². The summed E-state index contributed by atoms with van der Waals surface area (Å²) in [7, 11) is -3.59. The van der Waals surface area contributed by atoms with Crippen LogP contribution in [0.1, 0.15) is 24.8 Å². The lowest BCUT2D eigenvalue weighted by atomic mass is 10.0. The van der Waals surface area contributed by atoms with E-state index in [1.807, 2.05) is 37.3 Å². The second-order valence-corrected chi connectivity index (χ2v) is 7.59. The van der Waals surface area contributed by atoms with Crippen LogP contribution < -0.4 is 14.2 Å². The molecule has 0 spiro atoms. The molecule has 0 aromatic heterocycles. The molecule has 0 amide bonds. The SMILES string of the molecule is CC(CNS(=O)(=O)c1ccc2c(c1)OCCCO2)c1ccccc1. The fraction of sp³-hybridized carbons (Fsp3) is 0.333. The number of fused-ring (bicyclic) bond motifs is 1. The summed E-state index contributed by atoms with van der Waals surface area (Å²) in [5.41, 5.74) is 1.10. The molecule has 0 saturated carbocycles. The van der Waals surface area contributed by atoms with Gasteiger partial charge in [0, 0.05) is 19.0 Å². The van der Waals surface area contributed by atoms with Crippen molar-refractivity contribution in [3.63, 3.8) is 0 Å². The quantitative estimate of drug-likeness (QED) is 0.903. The summed E-state index contributed by atoms with van der Waals surface area (Å²) in [5.74, 6) is 1.15. The second kappa shape index (κ2) is 7.23. The van der Waals surface area contributed by atoms with E-state index in [9.17, 15) is 8.42 Å². The molecule has 0 aliphatic carbocycles. The summed E-state index contributed by atoms with van der Waals surface area (Å²) in [5, 5.41) is 0. The van der Waals surface area contributed by atoms with Gasteiger partial charge in [-0.05, 0) is 23.6 Å². The molecule has 1 N–H and O–H groups in total. The predicted octanol–water partition coefficient (Wildman–Crippen LogP) is 2.93. The van der Waals surface area contributed by atoms with E-state index in [-0.39, 0.29) is 10.8 Å². The van der Waals surface area contributed by atoms with E-state index in [1.54, 1.807) is 12.1 Å². The van der Waals surface area contributed by atoms with Gasteiger partial charge in [-0.2, -0.15) is 0 Å². The van der Waals surface area contributed by atoms with Gasteiger partial charge in [-0.15, -0.1) is 0 Å². The number of ether oxygens (including phenoxy) is 2. The minimum Gasteiger partial charge on any atom is -0.490 e. The van der Waals surface area contributed by atoms with Crippen molar-refractivity contribution in [2.24, 2.45) is 0 Å². The second-order valence-electron chi connectivity index (χ2n) is 5.82. The van der Waals surface area contributed by atoms with Gasteiger partial charge in [0.25, 0.3) is 0 Å². The highest BCUT2D eigenvalue weighted by Gasteiger charge is 2.19. The summed E-state index contributed by atoms with van der Waals surface area (Å²) in [6, 6.07) is 14.5. The Hall–Kier alpha value is -2.05. The van der Waals surface area contributed by atoms with E-state index >= 15 is 0 Å². The Bertz CT molecular complexity index is 790. The fourth-order valence-electron chi connectivity index (χ4n) is 2.53. The van der Waals surface area contributed by atoms with Gasteiger partial charge in [-0.1, -0.05) is 37.3 Å². The number of benzene rings is 2. The van der Waals surface area contributed by atoms with Crippen LogP contribution >= 0.6 is 0 Å². The molecule has 1 aliphatic heterocycles. The largest absolute Gasteiger partial charge is 0.490 e. The van der Waals surface area contributed by atoms with Gasteiger partial charge in [-0.3, -0.25) is 0 Å². The maximum atomic E-state index is 12.5. The molecule has 1 atom stereocenters. The average Bonchev–Trinajstić information content (AvgIpc) is 2.85. The standard InChI is InChI=1S/C18H21NO4S/c1-14(15-6-3-2-4-7-15)13-19-24(20,21)16-8-9-17-18(12-16)23-11-5-10-22-17/h2-4,6-9,12,14,19H,5,10-11,13H2,1H3. The first-order valence-corrected chi connectivity index (χ1v) is 9.49. The smallest absolute Gasteiger partial charge is 0.240 e. The van der Waals surface area contributed by atoms with Gasteiger partial charge < -0.3 is 9.47 Å². The number of hydrogen-bond acceptors (Lipinski definition) is 4. The molecule has 6 heteroatoms. The van der Waals surface area contributed by atoms with Gasteiger partial charge in [0.05, 0.1) is 18.1 Å². The highest BCUT2D eigenvalue weighted by Crippen LogP contribution is 2.31. The lowest BCUT2D eigenvalue weighted by Gasteiger charge is -2.14. The van der Waals surface area contributed by atoms with Crippen molar-refractivity contribution >= 4 is 10.0 Å². The number of sulfonamides is 1. The zero-order valence-corrected chi connectivity index (χ0v) is 14.4. The molecule has 2 aromatic carbocycles. The Balaban J connectivity index is 1.72. The van der Waals surface area contributed by atoms with E-state index in [1.165, 1.54) is 6.07 Å². The van der Waals surface area contributed by atoms with Crippen LogP contribution in [0, 0.1) is 0 Å². The van der Waals surface area contributed by atoms with Gasteiger partial charge in [0.1, 0.15) is 0 Å². The van der Waals surface area contributed by atoms with Crippen LogP contribution in [-0.2, 0) is 10.0 Å². The van der Waals surface area contributed by atoms with Crippen LogP contribution in [0.2, 0.25) is 0 Å². The number of nitrogens with one attached hydrogen (secondary N) is 1. The van der Waals surface area contributed by atoms with E-state index in [0.717, 1.165) is 12.0 Å². The summed E-state index contributed by atoms with van der Waals surface area (Å²) in [6.07, 6.45) is 0.781. The first-order valence-electron chi connectivity index (χ1n) is 8.00. The van der Waals surface area contributed by atoms with Crippen molar-refractivity contribution in [2.45, 2.75) is 24.2 Å². The van der Waals surface area contributed by atoms with Crippen molar-refractivity contribution < 1.29 is 17.9 Å². The average molecular weight is 347 g/mol. The van der Waals surface area contributed by atoms with Gasteiger partial charge in [0.2, 0.25) is 10.0 Å². The van der Waals surface area contributed by atoms with Crippen LogP contribution in [0.5, 0.6) is 11.5 Å². The third kappa shape index (κ3) is 3.88. The van der Waals surface area contributed by atoms with Crippen molar-refractivity contribution in [1.29, 1.82) is 0 Å². The minimum absolute atomic E-state index is 0.0846. The van der Waals surface area contributed by atoms with Crippen LogP contribution in [-0.4, -0.2) is 28.2 Å². The lowest BCUT2D eigenvalue weighted by molar-refractivity contribution is 0.297. The highest BCUT2D eigenvalue weighted by atomic mass is 32.2. The maximum Gasteiger partial charge on any atom is 0.240 e. The Morgan fingerprint density at radius 1 is 1.04 bits per heavy atom. The molecular formula is C18H21NO4S. The van der Waals surface area contributed by atoms with Crippen LogP contribution in [0.25, 0.3) is 0 Å². The van der Waals surface area contributed by atoms with Crippen molar-refractivity contribution in [3.05, 3.63) is 54.1 Å². The van der Waals surface area contributed by atoms with Crippen molar-refractivity contribution in [3.8, 4) is 11.5 Å². The molecule has 0 fully saturated rings. The van der Waals surface area contributed by atoms with Gasteiger partial charge in [-0.25, -0.2) is 13.1 Å². The first-order chi connectivity index (χ1) is 11.6. The monoisotopic (exact) mass is 347 g/mol. The molecule has 1 aliphatic rings. The molecule has 5 nitrogen and oxygen atoms in total. The molecular weight excluding hydrogens is 326 g/mol. The summed E-state index contributed by atoms with van der Waals surface area (Å²) in [4.78, 5) is 0.187.